The zero-order valence-electron chi connectivity index (χ0n) is 9.41. The fraction of sp³-hybridized carbons (Fsp3) is 0.900. The van der Waals surface area contributed by atoms with Crippen molar-refractivity contribution in [3.05, 3.63) is 0 Å². The van der Waals surface area contributed by atoms with Crippen molar-refractivity contribution < 1.29 is 4.79 Å². The van der Waals surface area contributed by atoms with Gasteiger partial charge in [0.05, 0.1) is 0 Å². The Bertz CT molecular complexity index is 198. The zero-order valence-corrected chi connectivity index (χ0v) is 10.2. The quantitative estimate of drug-likeness (QED) is 0.726. The van der Waals surface area contributed by atoms with Crippen LogP contribution in [0.15, 0.2) is 0 Å². The molecule has 1 aliphatic rings. The molecule has 3 nitrogen and oxygen atoms in total. The van der Waals surface area contributed by atoms with Crippen molar-refractivity contribution in [2.75, 3.05) is 13.1 Å². The van der Waals surface area contributed by atoms with Crippen molar-refractivity contribution in [1.29, 1.82) is 0 Å². The van der Waals surface area contributed by atoms with Gasteiger partial charge in [-0.05, 0) is 13.8 Å². The van der Waals surface area contributed by atoms with Crippen molar-refractivity contribution in [2.45, 2.75) is 44.2 Å². The maximum absolute atomic E-state index is 11.7. The molecular weight excluding hydrogens is 196 g/mol. The highest BCUT2D eigenvalue weighted by Gasteiger charge is 2.25. The average Bonchev–Trinajstić information content (AvgIpc) is 2.00. The predicted molar refractivity (Wildman–Crippen MR) is 61.8 cm³/mol. The van der Waals surface area contributed by atoms with Gasteiger partial charge in [0.2, 0.25) is 0 Å². The number of carbonyl (C=O) groups excluding carboxylic acids is 1. The van der Waals surface area contributed by atoms with Crippen LogP contribution < -0.4 is 5.32 Å². The summed E-state index contributed by atoms with van der Waals surface area (Å²) in [6.07, 6.45) is 0. The lowest BCUT2D eigenvalue weighted by Crippen LogP contribution is -2.50. The second-order valence-electron chi connectivity index (χ2n) is 4.27. The van der Waals surface area contributed by atoms with Crippen LogP contribution in [0.3, 0.4) is 0 Å². The Morgan fingerprint density at radius 2 is 1.86 bits per heavy atom. The van der Waals surface area contributed by atoms with Crippen LogP contribution in [0, 0.1) is 0 Å². The van der Waals surface area contributed by atoms with Crippen molar-refractivity contribution in [2.24, 2.45) is 0 Å². The summed E-state index contributed by atoms with van der Waals surface area (Å²) in [5.74, 6) is 0. The van der Waals surface area contributed by atoms with Crippen LogP contribution in [0.4, 0.5) is 4.79 Å². The van der Waals surface area contributed by atoms with E-state index in [0.717, 1.165) is 13.1 Å². The zero-order chi connectivity index (χ0) is 10.7. The van der Waals surface area contributed by atoms with E-state index in [1.54, 1.807) is 0 Å². The fourth-order valence-corrected chi connectivity index (χ4v) is 3.01. The summed E-state index contributed by atoms with van der Waals surface area (Å²) in [7, 11) is 0. The molecule has 0 saturated carbocycles. The van der Waals surface area contributed by atoms with Gasteiger partial charge in [-0.1, -0.05) is 13.8 Å². The molecule has 4 heteroatoms. The Kier molecular flexibility index (Phi) is 4.11. The van der Waals surface area contributed by atoms with Gasteiger partial charge in [0.1, 0.15) is 0 Å². The fourth-order valence-electron chi connectivity index (χ4n) is 1.68. The van der Waals surface area contributed by atoms with Gasteiger partial charge in [-0.2, -0.15) is 11.8 Å². The molecule has 1 N–H and O–H groups in total. The second-order valence-corrected chi connectivity index (χ2v) is 6.15. The molecule has 1 aliphatic heterocycles. The van der Waals surface area contributed by atoms with Crippen LogP contribution in [0.25, 0.3) is 0 Å². The molecule has 1 heterocycles. The minimum atomic E-state index is 0.0824. The van der Waals surface area contributed by atoms with Crippen LogP contribution in [0.1, 0.15) is 27.7 Å². The number of nitrogens with one attached hydrogen (secondary N) is 1. The van der Waals surface area contributed by atoms with E-state index in [0.29, 0.717) is 10.5 Å². The van der Waals surface area contributed by atoms with E-state index in [1.807, 2.05) is 30.5 Å². The van der Waals surface area contributed by atoms with Gasteiger partial charge in [-0.15, -0.1) is 0 Å². The van der Waals surface area contributed by atoms with Gasteiger partial charge < -0.3 is 10.2 Å². The number of hydrogen-bond donors (Lipinski definition) is 1. The summed E-state index contributed by atoms with van der Waals surface area (Å²) < 4.78 is 0. The lowest BCUT2D eigenvalue weighted by molar-refractivity contribution is 0.194. The van der Waals surface area contributed by atoms with Crippen LogP contribution in [-0.4, -0.2) is 40.6 Å². The predicted octanol–water partition coefficient (Wildman–Crippen LogP) is 1.93. The molecule has 82 valence electrons. The standard InChI is InChI=1S/C10H20N2OS/c1-7(2)11-10(13)12-5-8(3)14-9(4)6-12/h7-9H,5-6H2,1-4H3,(H,11,13). The molecule has 0 aromatic rings. The van der Waals surface area contributed by atoms with Gasteiger partial charge in [0.15, 0.2) is 0 Å². The molecule has 0 aromatic carbocycles. The first-order chi connectivity index (χ1) is 6.49. The molecule has 0 radical (unpaired) electrons. The molecule has 1 fully saturated rings. The van der Waals surface area contributed by atoms with Crippen molar-refractivity contribution in [1.82, 2.24) is 10.2 Å². The summed E-state index contributed by atoms with van der Waals surface area (Å²) in [5.41, 5.74) is 0. The third kappa shape index (κ3) is 3.40. The van der Waals surface area contributed by atoms with E-state index in [4.69, 9.17) is 0 Å². The summed E-state index contributed by atoms with van der Waals surface area (Å²) >= 11 is 1.96. The molecule has 1 rings (SSSR count). The van der Waals surface area contributed by atoms with E-state index in [1.165, 1.54) is 0 Å². The highest BCUT2D eigenvalue weighted by atomic mass is 32.2. The Morgan fingerprint density at radius 1 is 1.36 bits per heavy atom. The van der Waals surface area contributed by atoms with Crippen LogP contribution in [-0.2, 0) is 0 Å². The number of hydrogen-bond acceptors (Lipinski definition) is 2. The van der Waals surface area contributed by atoms with E-state index in [9.17, 15) is 4.79 Å². The van der Waals surface area contributed by atoms with Crippen molar-refractivity contribution in [3.63, 3.8) is 0 Å². The molecule has 2 unspecified atom stereocenters. The Labute approximate surface area is 90.6 Å². The number of nitrogens with zero attached hydrogens (tertiary/aromatic N) is 1. The average molecular weight is 216 g/mol. The molecule has 0 bridgehead atoms. The van der Waals surface area contributed by atoms with Crippen LogP contribution >= 0.6 is 11.8 Å². The molecule has 1 saturated heterocycles. The second kappa shape index (κ2) is 4.91. The normalized spacial score (nSPS) is 27.9. The minimum absolute atomic E-state index is 0.0824. The SMILES string of the molecule is CC(C)NC(=O)N1CC(C)SC(C)C1. The number of rotatable bonds is 1. The summed E-state index contributed by atoms with van der Waals surface area (Å²) in [4.78, 5) is 13.6. The van der Waals surface area contributed by atoms with Gasteiger partial charge in [-0.3, -0.25) is 0 Å². The van der Waals surface area contributed by atoms with Crippen molar-refractivity contribution in [3.8, 4) is 0 Å². The first-order valence-corrected chi connectivity index (χ1v) is 6.14. The molecule has 0 aliphatic carbocycles. The highest BCUT2D eigenvalue weighted by molar-refractivity contribution is 8.00. The maximum Gasteiger partial charge on any atom is 0.317 e. The number of amides is 2. The summed E-state index contributed by atoms with van der Waals surface area (Å²) in [6, 6.07) is 0.307. The van der Waals surface area contributed by atoms with E-state index in [-0.39, 0.29) is 12.1 Å². The largest absolute Gasteiger partial charge is 0.336 e. The number of thioether (sulfide) groups is 1. The Balaban J connectivity index is 2.46. The van der Waals surface area contributed by atoms with Crippen LogP contribution in [0.2, 0.25) is 0 Å². The maximum atomic E-state index is 11.7. The number of urea groups is 1. The lowest BCUT2D eigenvalue weighted by atomic mass is 10.3. The lowest BCUT2D eigenvalue weighted by Gasteiger charge is -2.35. The molecule has 14 heavy (non-hydrogen) atoms. The third-order valence-corrected chi connectivity index (χ3v) is 3.35. The van der Waals surface area contributed by atoms with Crippen molar-refractivity contribution >= 4 is 17.8 Å². The number of carbonyl (C=O) groups is 1. The minimum Gasteiger partial charge on any atom is -0.336 e. The first-order valence-electron chi connectivity index (χ1n) is 5.20. The van der Waals surface area contributed by atoms with Gasteiger partial charge in [0.25, 0.3) is 0 Å². The summed E-state index contributed by atoms with van der Waals surface area (Å²) in [5, 5.41) is 4.04. The first kappa shape index (κ1) is 11.7. The Morgan fingerprint density at radius 3 is 2.29 bits per heavy atom. The molecule has 2 atom stereocenters. The third-order valence-electron chi connectivity index (χ3n) is 2.12. The molecule has 0 spiro atoms. The molecule has 0 aromatic heterocycles. The Hall–Kier alpha value is -0.380. The highest BCUT2D eigenvalue weighted by Crippen LogP contribution is 2.24. The smallest absolute Gasteiger partial charge is 0.317 e. The van der Waals surface area contributed by atoms with Crippen LogP contribution in [0.5, 0.6) is 0 Å². The van der Waals surface area contributed by atoms with E-state index >= 15 is 0 Å². The molecule has 2 amide bonds. The van der Waals surface area contributed by atoms with Gasteiger partial charge >= 0.3 is 6.03 Å². The topological polar surface area (TPSA) is 32.3 Å². The van der Waals surface area contributed by atoms with E-state index < -0.39 is 0 Å². The van der Waals surface area contributed by atoms with Gasteiger partial charge in [0, 0.05) is 29.6 Å². The monoisotopic (exact) mass is 216 g/mol. The van der Waals surface area contributed by atoms with Gasteiger partial charge in [-0.25, -0.2) is 4.79 Å². The summed E-state index contributed by atoms with van der Waals surface area (Å²) in [6.45, 7) is 10.1. The van der Waals surface area contributed by atoms with E-state index in [2.05, 4.69) is 19.2 Å². The molecular formula is C10H20N2OS.